The molecule has 1 amide bonds. The standard InChI is InChI=1S/C15H26N4O4S.ClH/c1-4-5-12(16)15(20)19-14-10-11(24(21,22)17-2)6-7-13(14)18-8-9-23-3;/h6-7,10,12,17-18H,4-5,8-9,16H2,1-3H3,(H,19,20);1H. The molecule has 1 aromatic rings. The molecule has 1 rings (SSSR count). The molecule has 10 heteroatoms. The van der Waals surface area contributed by atoms with Crippen LogP contribution < -0.4 is 21.1 Å². The highest BCUT2D eigenvalue weighted by atomic mass is 35.5. The number of sulfonamides is 1. The molecule has 1 aromatic carbocycles. The lowest BCUT2D eigenvalue weighted by Crippen LogP contribution is -2.35. The number of rotatable bonds is 10. The van der Waals surface area contributed by atoms with Crippen LogP contribution in [0.5, 0.6) is 0 Å². The number of benzene rings is 1. The zero-order valence-electron chi connectivity index (χ0n) is 14.7. The van der Waals surface area contributed by atoms with Gasteiger partial charge in [0.05, 0.1) is 28.9 Å². The molecule has 0 radical (unpaired) electrons. The van der Waals surface area contributed by atoms with Crippen molar-refractivity contribution in [3.63, 3.8) is 0 Å². The summed E-state index contributed by atoms with van der Waals surface area (Å²) < 4.78 is 31.1. The van der Waals surface area contributed by atoms with Gasteiger partial charge >= 0.3 is 0 Å². The maximum atomic E-state index is 12.2. The van der Waals surface area contributed by atoms with Crippen molar-refractivity contribution in [3.8, 4) is 0 Å². The van der Waals surface area contributed by atoms with E-state index in [4.69, 9.17) is 10.5 Å². The Morgan fingerprint density at radius 2 is 2.00 bits per heavy atom. The average molecular weight is 395 g/mol. The second-order valence-corrected chi connectivity index (χ2v) is 7.11. The molecule has 0 aromatic heterocycles. The Kier molecular flexibility index (Phi) is 10.6. The van der Waals surface area contributed by atoms with Crippen LogP contribution in [-0.2, 0) is 19.6 Å². The molecular weight excluding hydrogens is 368 g/mol. The third kappa shape index (κ3) is 7.17. The Morgan fingerprint density at radius 1 is 1.32 bits per heavy atom. The summed E-state index contributed by atoms with van der Waals surface area (Å²) in [6, 6.07) is 3.81. The Labute approximate surface area is 155 Å². The highest BCUT2D eigenvalue weighted by Crippen LogP contribution is 2.25. The van der Waals surface area contributed by atoms with Gasteiger partial charge in [0.25, 0.3) is 0 Å². The van der Waals surface area contributed by atoms with Gasteiger partial charge in [-0.1, -0.05) is 13.3 Å². The second kappa shape index (κ2) is 11.3. The van der Waals surface area contributed by atoms with Crippen LogP contribution in [0.4, 0.5) is 11.4 Å². The molecule has 0 fully saturated rings. The molecule has 0 saturated carbocycles. The van der Waals surface area contributed by atoms with Crippen molar-refractivity contribution in [2.75, 3.05) is 37.9 Å². The van der Waals surface area contributed by atoms with Crippen molar-refractivity contribution in [3.05, 3.63) is 18.2 Å². The highest BCUT2D eigenvalue weighted by Gasteiger charge is 2.18. The molecule has 0 aliphatic heterocycles. The van der Waals surface area contributed by atoms with E-state index in [0.29, 0.717) is 30.9 Å². The van der Waals surface area contributed by atoms with Crippen molar-refractivity contribution >= 4 is 39.7 Å². The summed E-state index contributed by atoms with van der Waals surface area (Å²) in [6.45, 7) is 2.92. The summed E-state index contributed by atoms with van der Waals surface area (Å²) in [6.07, 6.45) is 1.33. The van der Waals surface area contributed by atoms with Gasteiger partial charge in [0.1, 0.15) is 0 Å². The number of amides is 1. The molecular formula is C15H27ClN4O4S. The molecule has 0 bridgehead atoms. The number of halogens is 1. The van der Waals surface area contributed by atoms with Gasteiger partial charge in [-0.3, -0.25) is 4.79 Å². The first-order valence-corrected chi connectivity index (χ1v) is 9.20. The molecule has 8 nitrogen and oxygen atoms in total. The minimum Gasteiger partial charge on any atom is -0.383 e. The minimum atomic E-state index is -3.61. The first kappa shape index (κ1) is 23.6. The fraction of sp³-hybridized carbons (Fsp3) is 0.533. The SMILES string of the molecule is CCCC(N)C(=O)Nc1cc(S(=O)(=O)NC)ccc1NCCOC.Cl. The third-order valence-corrected chi connectivity index (χ3v) is 4.80. The van der Waals surface area contributed by atoms with Gasteiger partial charge in [-0.15, -0.1) is 12.4 Å². The smallest absolute Gasteiger partial charge is 0.241 e. The van der Waals surface area contributed by atoms with Crippen LogP contribution in [0, 0.1) is 0 Å². The molecule has 0 aliphatic carbocycles. The normalized spacial score (nSPS) is 12.2. The van der Waals surface area contributed by atoms with Gasteiger partial charge in [0.2, 0.25) is 15.9 Å². The summed E-state index contributed by atoms with van der Waals surface area (Å²) in [7, 11) is -0.705. The van der Waals surface area contributed by atoms with Gasteiger partial charge in [0, 0.05) is 13.7 Å². The molecule has 0 heterocycles. The second-order valence-electron chi connectivity index (χ2n) is 5.22. The van der Waals surface area contributed by atoms with Crippen molar-refractivity contribution < 1.29 is 17.9 Å². The summed E-state index contributed by atoms with van der Waals surface area (Å²) >= 11 is 0. The van der Waals surface area contributed by atoms with Crippen LogP contribution in [0.2, 0.25) is 0 Å². The zero-order chi connectivity index (χ0) is 18.2. The van der Waals surface area contributed by atoms with E-state index in [2.05, 4.69) is 15.4 Å². The summed E-state index contributed by atoms with van der Waals surface area (Å²) in [5.74, 6) is -0.356. The van der Waals surface area contributed by atoms with Gasteiger partial charge < -0.3 is 21.1 Å². The summed E-state index contributed by atoms with van der Waals surface area (Å²) in [4.78, 5) is 12.2. The molecule has 0 saturated heterocycles. The number of nitrogens with one attached hydrogen (secondary N) is 3. The predicted octanol–water partition coefficient (Wildman–Crippen LogP) is 1.14. The van der Waals surface area contributed by atoms with E-state index in [9.17, 15) is 13.2 Å². The van der Waals surface area contributed by atoms with Crippen LogP contribution in [0.15, 0.2) is 23.1 Å². The lowest BCUT2D eigenvalue weighted by molar-refractivity contribution is -0.117. The first-order valence-electron chi connectivity index (χ1n) is 7.72. The number of methoxy groups -OCH3 is 1. The van der Waals surface area contributed by atoms with Crippen molar-refractivity contribution in [1.29, 1.82) is 0 Å². The monoisotopic (exact) mass is 394 g/mol. The number of ether oxygens (including phenoxy) is 1. The van der Waals surface area contributed by atoms with E-state index in [0.717, 1.165) is 6.42 Å². The topological polar surface area (TPSA) is 123 Å². The molecule has 144 valence electrons. The van der Waals surface area contributed by atoms with Crippen LogP contribution in [0.1, 0.15) is 19.8 Å². The molecule has 25 heavy (non-hydrogen) atoms. The van der Waals surface area contributed by atoms with Gasteiger partial charge in [-0.25, -0.2) is 13.1 Å². The number of carbonyl (C=O) groups excluding carboxylic acids is 1. The van der Waals surface area contributed by atoms with Crippen molar-refractivity contribution in [1.82, 2.24) is 4.72 Å². The van der Waals surface area contributed by atoms with E-state index in [-0.39, 0.29) is 23.2 Å². The summed E-state index contributed by atoms with van der Waals surface area (Å²) in [5.41, 5.74) is 6.77. The summed E-state index contributed by atoms with van der Waals surface area (Å²) in [5, 5.41) is 5.79. The highest BCUT2D eigenvalue weighted by molar-refractivity contribution is 7.89. The Bertz CT molecular complexity index is 655. The van der Waals surface area contributed by atoms with Crippen LogP contribution in [0.3, 0.4) is 0 Å². The van der Waals surface area contributed by atoms with Crippen molar-refractivity contribution in [2.45, 2.75) is 30.7 Å². The minimum absolute atomic E-state index is 0. The maximum Gasteiger partial charge on any atom is 0.241 e. The van der Waals surface area contributed by atoms with Crippen LogP contribution in [0.25, 0.3) is 0 Å². The lowest BCUT2D eigenvalue weighted by atomic mass is 10.1. The molecule has 0 spiro atoms. The van der Waals surface area contributed by atoms with E-state index in [1.165, 1.54) is 19.2 Å². The number of hydrogen-bond donors (Lipinski definition) is 4. The fourth-order valence-corrected chi connectivity index (χ4v) is 2.78. The van der Waals surface area contributed by atoms with Gasteiger partial charge in [0.15, 0.2) is 0 Å². The Balaban J connectivity index is 0.00000576. The van der Waals surface area contributed by atoms with E-state index in [1.807, 2.05) is 6.92 Å². The number of hydrogen-bond acceptors (Lipinski definition) is 6. The third-order valence-electron chi connectivity index (χ3n) is 3.39. The predicted molar refractivity (Wildman–Crippen MR) is 102 cm³/mol. The average Bonchev–Trinajstić information content (AvgIpc) is 2.56. The molecule has 1 atom stereocenters. The fourth-order valence-electron chi connectivity index (χ4n) is 2.02. The van der Waals surface area contributed by atoms with E-state index in [1.54, 1.807) is 13.2 Å². The Hall–Kier alpha value is -1.39. The quantitative estimate of drug-likeness (QED) is 0.441. The lowest BCUT2D eigenvalue weighted by Gasteiger charge is -2.17. The largest absolute Gasteiger partial charge is 0.383 e. The maximum absolute atomic E-state index is 12.2. The first-order chi connectivity index (χ1) is 11.4. The van der Waals surface area contributed by atoms with Crippen LogP contribution in [-0.4, -0.2) is 47.7 Å². The van der Waals surface area contributed by atoms with Gasteiger partial charge in [-0.2, -0.15) is 0 Å². The van der Waals surface area contributed by atoms with E-state index < -0.39 is 16.1 Å². The van der Waals surface area contributed by atoms with E-state index >= 15 is 0 Å². The van der Waals surface area contributed by atoms with Crippen molar-refractivity contribution in [2.24, 2.45) is 5.73 Å². The van der Waals surface area contributed by atoms with Gasteiger partial charge in [-0.05, 0) is 31.7 Å². The molecule has 0 aliphatic rings. The number of nitrogens with two attached hydrogens (primary N) is 1. The number of anilines is 2. The van der Waals surface area contributed by atoms with Crippen LogP contribution >= 0.6 is 12.4 Å². The zero-order valence-corrected chi connectivity index (χ0v) is 16.3. The Morgan fingerprint density at radius 3 is 2.56 bits per heavy atom. The molecule has 1 unspecified atom stereocenters. The number of carbonyl (C=O) groups is 1. The molecule has 5 N–H and O–H groups in total.